The lowest BCUT2D eigenvalue weighted by molar-refractivity contribution is -0.00300. The first-order valence-corrected chi connectivity index (χ1v) is 9.27. The van der Waals surface area contributed by atoms with Crippen LogP contribution in [0.25, 0.3) is 0 Å². The maximum absolute atomic E-state index is 13.7. The van der Waals surface area contributed by atoms with Crippen molar-refractivity contribution >= 4 is 17.1 Å². The van der Waals surface area contributed by atoms with Gasteiger partial charge >= 0.3 is 0 Å². The monoisotopic (exact) mass is 431 g/mol. The van der Waals surface area contributed by atoms with Gasteiger partial charge in [0, 0.05) is 18.2 Å². The van der Waals surface area contributed by atoms with Crippen molar-refractivity contribution in [3.8, 4) is 11.8 Å². The molecule has 2 aromatic heterocycles. The molecule has 3 heterocycles. The maximum Gasteiger partial charge on any atom is 0.286 e. The molecule has 0 aromatic carbocycles. The number of ether oxygens (including phenoxy) is 1. The molecule has 1 aliphatic heterocycles. The van der Waals surface area contributed by atoms with E-state index in [1.807, 2.05) is 0 Å². The number of ketones is 1. The van der Waals surface area contributed by atoms with Crippen LogP contribution >= 0.6 is 11.3 Å². The first-order chi connectivity index (χ1) is 13.7. The highest BCUT2D eigenvalue weighted by Crippen LogP contribution is 2.32. The highest BCUT2D eigenvalue weighted by Gasteiger charge is 2.22. The third-order valence-corrected chi connectivity index (χ3v) is 5.26. The van der Waals surface area contributed by atoms with Gasteiger partial charge in [0.2, 0.25) is 0 Å². The van der Waals surface area contributed by atoms with E-state index >= 15 is 0 Å². The van der Waals surface area contributed by atoms with Gasteiger partial charge in [-0.15, -0.1) is 11.3 Å². The highest BCUT2D eigenvalue weighted by atomic mass is 32.1. The fourth-order valence-electron chi connectivity index (χ4n) is 2.61. The lowest BCUT2D eigenvalue weighted by Crippen LogP contribution is -2.26. The van der Waals surface area contributed by atoms with E-state index in [2.05, 4.69) is 11.8 Å². The van der Waals surface area contributed by atoms with Crippen LogP contribution in [0.2, 0.25) is 0 Å². The predicted octanol–water partition coefficient (Wildman–Crippen LogP) is 3.67. The zero-order valence-corrected chi connectivity index (χ0v) is 15.6. The summed E-state index contributed by atoms with van der Waals surface area (Å²) in [4.78, 5) is 23.7. The number of alkyl halides is 4. The lowest BCUT2D eigenvalue weighted by atomic mass is 10.1. The van der Waals surface area contributed by atoms with E-state index < -0.39 is 43.0 Å². The van der Waals surface area contributed by atoms with Crippen molar-refractivity contribution in [1.82, 2.24) is 4.57 Å². The Labute approximate surface area is 165 Å². The molecule has 1 fully saturated rings. The lowest BCUT2D eigenvalue weighted by Gasteiger charge is -2.19. The molecule has 0 radical (unpaired) electrons. The normalized spacial score (nSPS) is 14.0. The van der Waals surface area contributed by atoms with Gasteiger partial charge in [0.05, 0.1) is 35.4 Å². The summed E-state index contributed by atoms with van der Waals surface area (Å²) in [5, 5.41) is 0. The van der Waals surface area contributed by atoms with Gasteiger partial charge in [-0.05, 0) is 17.7 Å². The Kier molecular flexibility index (Phi) is 6.49. The summed E-state index contributed by atoms with van der Waals surface area (Å²) in [7, 11) is 0. The molecule has 0 N–H and O–H groups in total. The van der Waals surface area contributed by atoms with Gasteiger partial charge in [-0.3, -0.25) is 9.59 Å². The van der Waals surface area contributed by atoms with Crippen LogP contribution in [0.5, 0.6) is 0 Å². The Bertz CT molecular complexity index is 1030. The molecule has 1 aliphatic rings. The zero-order chi connectivity index (χ0) is 21.1. The van der Waals surface area contributed by atoms with Crippen molar-refractivity contribution in [1.29, 1.82) is 0 Å². The van der Waals surface area contributed by atoms with E-state index in [4.69, 9.17) is 4.74 Å². The molecular weight excluding hydrogens is 417 g/mol. The number of hydrogen-bond donors (Lipinski definition) is 0. The number of pyridine rings is 1. The average Bonchev–Trinajstić information content (AvgIpc) is 3.02. The Balaban J connectivity index is 1.84. The second-order valence-electron chi connectivity index (χ2n) is 6.34. The summed E-state index contributed by atoms with van der Waals surface area (Å²) in [6, 6.07) is 2.02. The van der Waals surface area contributed by atoms with Gasteiger partial charge in [0.25, 0.3) is 18.4 Å². The van der Waals surface area contributed by atoms with Crippen LogP contribution in [0.4, 0.5) is 22.0 Å². The highest BCUT2D eigenvalue weighted by molar-refractivity contribution is 7.14. The molecule has 4 nitrogen and oxygen atoms in total. The van der Waals surface area contributed by atoms with Crippen LogP contribution in [-0.4, -0.2) is 30.0 Å². The Morgan fingerprint density at radius 1 is 1.28 bits per heavy atom. The first kappa shape index (κ1) is 21.2. The van der Waals surface area contributed by atoms with Crippen molar-refractivity contribution in [3.05, 3.63) is 55.4 Å². The van der Waals surface area contributed by atoms with Gasteiger partial charge in [-0.2, -0.15) is 0 Å². The number of hydrogen-bond acceptors (Lipinski definition) is 4. The van der Waals surface area contributed by atoms with E-state index in [1.54, 1.807) is 0 Å². The Morgan fingerprint density at radius 3 is 2.59 bits per heavy atom. The van der Waals surface area contributed by atoms with Crippen LogP contribution in [0, 0.1) is 23.6 Å². The summed E-state index contributed by atoms with van der Waals surface area (Å²) >= 11 is 0.579. The van der Waals surface area contributed by atoms with Crippen LogP contribution in [0.1, 0.15) is 32.1 Å². The smallest absolute Gasteiger partial charge is 0.286 e. The van der Waals surface area contributed by atoms with Crippen LogP contribution < -0.4 is 5.56 Å². The summed E-state index contributed by atoms with van der Waals surface area (Å²) in [5.74, 6) is 3.51. The van der Waals surface area contributed by atoms with Crippen molar-refractivity contribution in [2.45, 2.75) is 25.8 Å². The van der Waals surface area contributed by atoms with E-state index in [0.717, 1.165) is 12.3 Å². The van der Waals surface area contributed by atoms with E-state index in [9.17, 15) is 31.5 Å². The molecule has 0 atom stereocenters. The molecule has 1 saturated heterocycles. The number of carbonyl (C=O) groups is 1. The molecule has 3 rings (SSSR count). The largest absolute Gasteiger partial charge is 0.379 e. The van der Waals surface area contributed by atoms with Crippen LogP contribution in [-0.2, 0) is 17.7 Å². The van der Waals surface area contributed by atoms with Crippen molar-refractivity contribution < 1.29 is 31.5 Å². The van der Waals surface area contributed by atoms with Crippen LogP contribution in [0.15, 0.2) is 23.1 Å². The van der Waals surface area contributed by atoms with Gasteiger partial charge in [-0.1, -0.05) is 11.8 Å². The minimum Gasteiger partial charge on any atom is -0.379 e. The van der Waals surface area contributed by atoms with E-state index in [-0.39, 0.29) is 26.8 Å². The molecule has 0 aliphatic carbocycles. The summed E-state index contributed by atoms with van der Waals surface area (Å²) in [6.07, 6.45) is -5.18. The average molecular weight is 431 g/mol. The van der Waals surface area contributed by atoms with Gasteiger partial charge in [0.15, 0.2) is 11.6 Å². The molecule has 0 amide bonds. The molecule has 0 bridgehead atoms. The van der Waals surface area contributed by atoms with Gasteiger partial charge < -0.3 is 9.30 Å². The third-order valence-electron chi connectivity index (χ3n) is 4.08. The van der Waals surface area contributed by atoms with Crippen LogP contribution in [0.3, 0.4) is 0 Å². The Morgan fingerprint density at radius 2 is 2.00 bits per heavy atom. The number of nitrogens with zero attached hydrogens (tertiary/aromatic N) is 1. The number of Topliss-reactive ketones (excluding diaryl/α,β-unsaturated/α-hetero) is 1. The minimum absolute atomic E-state index is 0.0125. The number of thiophene rings is 1. The van der Waals surface area contributed by atoms with Crippen molar-refractivity contribution in [3.63, 3.8) is 0 Å². The number of aromatic nitrogens is 1. The zero-order valence-electron chi connectivity index (χ0n) is 14.8. The number of halogens is 5. The fourth-order valence-corrected chi connectivity index (χ4v) is 3.52. The number of rotatable bonds is 6. The molecule has 0 spiro atoms. The SMILES string of the molecule is O=C(Cc1cc(F)c(=O)n(CC(F)F)c1)c1cc(C#CC2COC2)c(C(F)F)s1. The molecule has 0 saturated carbocycles. The minimum atomic E-state index is -2.88. The van der Waals surface area contributed by atoms with Gasteiger partial charge in [-0.25, -0.2) is 22.0 Å². The molecule has 10 heteroatoms. The van der Waals surface area contributed by atoms with E-state index in [1.165, 1.54) is 6.07 Å². The molecule has 29 heavy (non-hydrogen) atoms. The molecule has 154 valence electrons. The molecule has 0 unspecified atom stereocenters. The summed E-state index contributed by atoms with van der Waals surface area (Å²) in [6.45, 7) is -0.170. The topological polar surface area (TPSA) is 48.3 Å². The first-order valence-electron chi connectivity index (χ1n) is 8.46. The van der Waals surface area contributed by atoms with Gasteiger partial charge in [0.1, 0.15) is 0 Å². The third kappa shape index (κ3) is 5.10. The quantitative estimate of drug-likeness (QED) is 0.398. The van der Waals surface area contributed by atoms with E-state index in [0.29, 0.717) is 29.1 Å². The predicted molar refractivity (Wildman–Crippen MR) is 95.2 cm³/mol. The summed E-state index contributed by atoms with van der Waals surface area (Å²) < 4.78 is 70.8. The Hall–Kier alpha value is -2.51. The second-order valence-corrected chi connectivity index (χ2v) is 7.42. The fraction of sp³-hybridized carbons (Fsp3) is 0.368. The second kappa shape index (κ2) is 8.88. The number of carbonyl (C=O) groups excluding carboxylic acids is 1. The summed E-state index contributed by atoms with van der Waals surface area (Å²) in [5.41, 5.74) is -1.21. The maximum atomic E-state index is 13.7. The standard InChI is InChI=1S/C19H14F5NO3S/c20-13-3-11(6-25(19(13)27)7-16(21)22)4-14(26)15-5-12(17(29-15)18(23)24)2-1-10-8-28-9-10/h3,5-6,10,16,18H,4,7-9H2. The molecule has 2 aromatic rings. The van der Waals surface area contributed by atoms with Crippen molar-refractivity contribution in [2.75, 3.05) is 13.2 Å². The van der Waals surface area contributed by atoms with Crippen molar-refractivity contribution in [2.24, 2.45) is 5.92 Å². The molecular formula is C19H14F5NO3S.